The van der Waals surface area contributed by atoms with Crippen molar-refractivity contribution in [1.82, 2.24) is 0 Å². The lowest BCUT2D eigenvalue weighted by molar-refractivity contribution is -0.151. The van der Waals surface area contributed by atoms with Crippen LogP contribution < -0.4 is 9.47 Å². The van der Waals surface area contributed by atoms with E-state index in [-0.39, 0.29) is 31.1 Å². The van der Waals surface area contributed by atoms with Gasteiger partial charge in [0, 0.05) is 5.92 Å². The lowest BCUT2D eigenvalue weighted by Gasteiger charge is -2.29. The third kappa shape index (κ3) is 5.85. The second-order valence-corrected chi connectivity index (χ2v) is 9.68. The molecule has 0 bridgehead atoms. The summed E-state index contributed by atoms with van der Waals surface area (Å²) in [4.78, 5) is 11.5. The largest absolute Gasteiger partial charge is 0.497 e. The molecular formula is C27H34F2O4S. The Morgan fingerprint density at radius 2 is 1.79 bits per heavy atom. The Morgan fingerprint density at radius 3 is 2.41 bits per heavy atom. The smallest absolute Gasteiger partial charge is 0.341 e. The van der Waals surface area contributed by atoms with Gasteiger partial charge in [-0.15, -0.1) is 0 Å². The van der Waals surface area contributed by atoms with Crippen LogP contribution in [0.4, 0.5) is 8.78 Å². The van der Waals surface area contributed by atoms with E-state index in [0.29, 0.717) is 29.6 Å². The Bertz CT molecular complexity index is 984. The molecule has 0 saturated heterocycles. The van der Waals surface area contributed by atoms with Gasteiger partial charge < -0.3 is 14.6 Å². The van der Waals surface area contributed by atoms with E-state index in [1.54, 1.807) is 37.4 Å². The summed E-state index contributed by atoms with van der Waals surface area (Å²) in [6, 6.07) is 12.1. The van der Waals surface area contributed by atoms with Gasteiger partial charge in [0.1, 0.15) is 17.3 Å². The molecule has 1 unspecified atom stereocenters. The van der Waals surface area contributed by atoms with Gasteiger partial charge in [0.15, 0.2) is 0 Å². The molecule has 2 aromatic carbocycles. The molecule has 186 valence electrons. The van der Waals surface area contributed by atoms with Crippen LogP contribution in [0, 0.1) is 17.7 Å². The number of benzene rings is 2. The molecule has 0 aromatic heterocycles. The van der Waals surface area contributed by atoms with Crippen molar-refractivity contribution in [3.8, 4) is 11.5 Å². The van der Waals surface area contributed by atoms with Crippen molar-refractivity contribution in [1.29, 1.82) is 0 Å². The molecule has 4 rings (SSSR count). The Morgan fingerprint density at radius 1 is 1.09 bits per heavy atom. The minimum absolute atomic E-state index is 0. The summed E-state index contributed by atoms with van der Waals surface area (Å²) in [7, 11) is 1.59. The summed E-state index contributed by atoms with van der Waals surface area (Å²) >= 11 is 0. The van der Waals surface area contributed by atoms with Crippen molar-refractivity contribution in [2.75, 3.05) is 13.7 Å². The van der Waals surface area contributed by atoms with Gasteiger partial charge in [-0.25, -0.2) is 13.6 Å². The topological polar surface area (TPSA) is 55.8 Å². The number of carboxylic acids is 1. The van der Waals surface area contributed by atoms with E-state index in [2.05, 4.69) is 0 Å². The number of carbonyl (C=O) groups is 1. The number of alkyl halides is 1. The molecule has 4 nitrogen and oxygen atoms in total. The third-order valence-corrected chi connectivity index (χ3v) is 7.29. The Kier molecular flexibility index (Phi) is 8.50. The minimum Gasteiger partial charge on any atom is -0.497 e. The molecular weight excluding hydrogens is 458 g/mol. The average Bonchev–Trinajstić information content (AvgIpc) is 3.63. The van der Waals surface area contributed by atoms with Crippen LogP contribution in [0.15, 0.2) is 42.5 Å². The van der Waals surface area contributed by atoms with Gasteiger partial charge >= 0.3 is 5.97 Å². The second kappa shape index (κ2) is 11.0. The second-order valence-electron chi connectivity index (χ2n) is 9.68. The van der Waals surface area contributed by atoms with Gasteiger partial charge in [-0.2, -0.15) is 13.5 Å². The fraction of sp³-hybridized carbons (Fsp3) is 0.519. The van der Waals surface area contributed by atoms with Crippen molar-refractivity contribution in [3.05, 3.63) is 59.4 Å². The highest BCUT2D eigenvalue weighted by Crippen LogP contribution is 2.50. The molecule has 0 heterocycles. The van der Waals surface area contributed by atoms with Crippen LogP contribution in [0.2, 0.25) is 0 Å². The highest BCUT2D eigenvalue weighted by Gasteiger charge is 2.50. The van der Waals surface area contributed by atoms with Crippen LogP contribution in [-0.4, -0.2) is 30.5 Å². The number of hydrogen-bond acceptors (Lipinski definition) is 3. The van der Waals surface area contributed by atoms with Gasteiger partial charge in [0.2, 0.25) is 5.67 Å². The molecule has 0 aliphatic heterocycles. The molecule has 2 saturated carbocycles. The lowest BCUT2D eigenvalue weighted by Crippen LogP contribution is -2.38. The maximum Gasteiger partial charge on any atom is 0.341 e. The van der Waals surface area contributed by atoms with Crippen LogP contribution in [0.3, 0.4) is 0 Å². The predicted octanol–water partition coefficient (Wildman–Crippen LogP) is 6.61. The normalized spacial score (nSPS) is 22.7. The van der Waals surface area contributed by atoms with Crippen LogP contribution in [0.5, 0.6) is 11.5 Å². The number of rotatable bonds is 9. The fourth-order valence-corrected chi connectivity index (χ4v) is 5.20. The number of methoxy groups -OCH3 is 1. The monoisotopic (exact) mass is 492 g/mol. The number of ether oxygens (including phenoxy) is 2. The highest BCUT2D eigenvalue weighted by atomic mass is 32.1. The molecule has 0 radical (unpaired) electrons. The molecule has 0 amide bonds. The molecule has 2 aliphatic carbocycles. The van der Waals surface area contributed by atoms with Gasteiger partial charge in [-0.1, -0.05) is 12.1 Å². The van der Waals surface area contributed by atoms with E-state index in [1.165, 1.54) is 6.07 Å². The van der Waals surface area contributed by atoms with Gasteiger partial charge in [0.25, 0.3) is 0 Å². The van der Waals surface area contributed by atoms with Crippen LogP contribution in [0.25, 0.3) is 0 Å². The highest BCUT2D eigenvalue weighted by molar-refractivity contribution is 7.59. The number of hydrogen-bond donors (Lipinski definition) is 1. The van der Waals surface area contributed by atoms with Crippen molar-refractivity contribution in [3.63, 3.8) is 0 Å². The van der Waals surface area contributed by atoms with Crippen LogP contribution in [-0.2, 0) is 4.79 Å². The molecule has 0 spiro atoms. The van der Waals surface area contributed by atoms with Gasteiger partial charge in [-0.05, 0) is 105 Å². The minimum atomic E-state index is -2.31. The average molecular weight is 493 g/mol. The summed E-state index contributed by atoms with van der Waals surface area (Å²) in [6.07, 6.45) is 5.35. The molecule has 2 atom stereocenters. The first-order chi connectivity index (χ1) is 15.8. The summed E-state index contributed by atoms with van der Waals surface area (Å²) in [5.74, 6) is -0.367. The summed E-state index contributed by atoms with van der Waals surface area (Å²) < 4.78 is 40.6. The zero-order valence-electron chi connectivity index (χ0n) is 19.7. The lowest BCUT2D eigenvalue weighted by atomic mass is 9.79. The summed E-state index contributed by atoms with van der Waals surface area (Å²) in [6.45, 7) is 1.70. The molecule has 2 aromatic rings. The van der Waals surface area contributed by atoms with Crippen molar-refractivity contribution < 1.29 is 28.2 Å². The van der Waals surface area contributed by atoms with E-state index in [9.17, 15) is 14.3 Å². The zero-order chi connectivity index (χ0) is 23.6. The van der Waals surface area contributed by atoms with Crippen molar-refractivity contribution in [2.24, 2.45) is 11.8 Å². The Hall–Kier alpha value is -2.28. The summed E-state index contributed by atoms with van der Waals surface area (Å²) in [5.41, 5.74) is -0.909. The Balaban J connectivity index is 0.00000324. The van der Waals surface area contributed by atoms with Crippen LogP contribution in [0.1, 0.15) is 68.4 Å². The fourth-order valence-electron chi connectivity index (χ4n) is 5.20. The van der Waals surface area contributed by atoms with Crippen molar-refractivity contribution in [2.45, 2.75) is 63.0 Å². The van der Waals surface area contributed by atoms with E-state index in [0.717, 1.165) is 51.0 Å². The quantitative estimate of drug-likeness (QED) is 0.428. The first-order valence-corrected chi connectivity index (χ1v) is 11.8. The standard InChI is InChI=1S/C27H32F2O4.H2S/c1-27(29,26(30)31)25(19-10-11-19)20-4-3-5-22(14-20)33-16-17-6-8-18(9-7-17)23-15-21(32-2)12-13-24(23)28;/h3-5,12-15,17-19,25H,6-11,16H2,1-2H3,(H,30,31);1H2/t17?,18?,25-,27?;/m0./s1. The first kappa shape index (κ1) is 26.3. The van der Waals surface area contributed by atoms with E-state index in [1.807, 2.05) is 6.07 Å². The maximum absolute atomic E-state index is 15.0. The summed E-state index contributed by atoms with van der Waals surface area (Å²) in [5, 5.41) is 9.41. The van der Waals surface area contributed by atoms with E-state index in [4.69, 9.17) is 9.47 Å². The van der Waals surface area contributed by atoms with Gasteiger partial charge in [-0.3, -0.25) is 0 Å². The molecule has 2 aliphatic rings. The van der Waals surface area contributed by atoms with E-state index < -0.39 is 17.6 Å². The Labute approximate surface area is 207 Å². The van der Waals surface area contributed by atoms with E-state index >= 15 is 4.39 Å². The maximum atomic E-state index is 15.0. The van der Waals surface area contributed by atoms with Crippen LogP contribution >= 0.6 is 13.5 Å². The first-order valence-electron chi connectivity index (χ1n) is 11.8. The predicted molar refractivity (Wildman–Crippen MR) is 133 cm³/mol. The molecule has 2 fully saturated rings. The SMILES string of the molecule is COc1ccc(F)c(C2CCC(COc3cccc([C@H](C4CC4)C(C)(F)C(=O)O)c3)CC2)c1.S. The number of aliphatic carboxylic acids is 1. The molecule has 7 heteroatoms. The molecule has 1 N–H and O–H groups in total. The zero-order valence-corrected chi connectivity index (χ0v) is 20.7. The third-order valence-electron chi connectivity index (χ3n) is 7.29. The molecule has 34 heavy (non-hydrogen) atoms. The number of carboxylic acid groups (broad SMARTS) is 1. The van der Waals surface area contributed by atoms with Crippen molar-refractivity contribution >= 4 is 19.5 Å². The number of halogens is 2. The van der Waals surface area contributed by atoms with Gasteiger partial charge in [0.05, 0.1) is 13.7 Å².